The van der Waals surface area contributed by atoms with Gasteiger partial charge in [0.25, 0.3) is 0 Å². The van der Waals surface area contributed by atoms with Gasteiger partial charge < -0.3 is 0 Å². The Kier molecular flexibility index (Phi) is 3.85. The summed E-state index contributed by atoms with van der Waals surface area (Å²) in [5.41, 5.74) is 2.77. The Bertz CT molecular complexity index is 216. The highest BCUT2D eigenvalue weighted by atomic mass is 15.3. The van der Waals surface area contributed by atoms with Crippen molar-refractivity contribution in [3.05, 3.63) is 12.2 Å². The molecule has 1 unspecified atom stereocenters. The molecule has 0 saturated carbocycles. The zero-order valence-corrected chi connectivity index (χ0v) is 8.12. The fraction of sp³-hybridized carbons (Fsp3) is 0.750. The monoisotopic (exact) mass is 183 g/mol. The Labute approximate surface area is 78.1 Å². The van der Waals surface area contributed by atoms with Crippen LogP contribution in [0.1, 0.15) is 38.6 Å². The van der Waals surface area contributed by atoms with Gasteiger partial charge in [0, 0.05) is 0 Å². The van der Waals surface area contributed by atoms with Gasteiger partial charge in [-0.05, 0) is 5.92 Å². The van der Waals surface area contributed by atoms with Crippen molar-refractivity contribution in [2.24, 2.45) is 11.8 Å². The van der Waals surface area contributed by atoms with E-state index in [1.165, 1.54) is 6.33 Å². The average molecular weight is 183 g/mol. The van der Waals surface area contributed by atoms with Gasteiger partial charge in [0.15, 0.2) is 0 Å². The Morgan fingerprint density at radius 3 is 2.62 bits per heavy atom. The molecule has 0 saturated heterocycles. The summed E-state index contributed by atoms with van der Waals surface area (Å²) in [5, 5.41) is 6.64. The third-order valence-corrected chi connectivity index (χ3v) is 2.43. The molecular weight excluding hydrogens is 166 g/mol. The number of nitrogens with zero attached hydrogens (tertiary/aromatic N) is 2. The van der Waals surface area contributed by atoms with E-state index in [4.69, 9.17) is 5.84 Å². The average Bonchev–Trinajstić information content (AvgIpc) is 2.66. The largest absolute Gasteiger partial charge is 0.271 e. The quantitative estimate of drug-likeness (QED) is 0.465. The maximum absolute atomic E-state index is 5.48. The fourth-order valence-corrected chi connectivity index (χ4v) is 1.56. The van der Waals surface area contributed by atoms with Crippen LogP contribution in [0.3, 0.4) is 0 Å². The number of aromatic nitrogens is 3. The third-order valence-electron chi connectivity index (χ3n) is 2.43. The van der Waals surface area contributed by atoms with E-state index in [9.17, 15) is 0 Å². The summed E-state index contributed by atoms with van der Waals surface area (Å²) in [6, 6.07) is 0.0810. The zero-order chi connectivity index (χ0) is 9.68. The molecule has 0 aliphatic rings. The lowest BCUT2D eigenvalue weighted by atomic mass is 9.94. The summed E-state index contributed by atoms with van der Waals surface area (Å²) in [6.07, 6.45) is 3.65. The van der Waals surface area contributed by atoms with Crippen molar-refractivity contribution < 1.29 is 0 Å². The molecule has 0 fully saturated rings. The second-order valence-corrected chi connectivity index (χ2v) is 3.09. The van der Waals surface area contributed by atoms with Crippen LogP contribution in [-0.2, 0) is 0 Å². The third kappa shape index (κ3) is 2.26. The molecule has 1 atom stereocenters. The van der Waals surface area contributed by atoms with Crippen LogP contribution in [0.15, 0.2) is 6.33 Å². The number of hydrogen-bond acceptors (Lipinski definition) is 4. The van der Waals surface area contributed by atoms with Gasteiger partial charge in [-0.15, -0.1) is 0 Å². The van der Waals surface area contributed by atoms with E-state index in [0.717, 1.165) is 18.7 Å². The maximum atomic E-state index is 5.48. The first-order valence-electron chi connectivity index (χ1n) is 4.64. The van der Waals surface area contributed by atoms with Gasteiger partial charge in [0.1, 0.15) is 12.2 Å². The van der Waals surface area contributed by atoms with Crippen LogP contribution in [0.5, 0.6) is 0 Å². The Morgan fingerprint density at radius 2 is 2.23 bits per heavy atom. The van der Waals surface area contributed by atoms with Gasteiger partial charge in [-0.1, -0.05) is 26.7 Å². The molecule has 1 aromatic heterocycles. The minimum atomic E-state index is 0.0810. The van der Waals surface area contributed by atoms with E-state index in [2.05, 4.69) is 34.5 Å². The second-order valence-electron chi connectivity index (χ2n) is 3.09. The number of rotatable bonds is 5. The molecule has 0 spiro atoms. The molecule has 74 valence electrons. The van der Waals surface area contributed by atoms with Crippen LogP contribution in [0.25, 0.3) is 0 Å². The molecule has 0 aliphatic carbocycles. The van der Waals surface area contributed by atoms with Crippen molar-refractivity contribution in [1.82, 2.24) is 20.6 Å². The number of hydrazine groups is 1. The van der Waals surface area contributed by atoms with Crippen LogP contribution in [0, 0.1) is 5.92 Å². The van der Waals surface area contributed by atoms with E-state index < -0.39 is 0 Å². The number of nitrogens with two attached hydrogens (primary N) is 1. The molecule has 0 radical (unpaired) electrons. The van der Waals surface area contributed by atoms with Gasteiger partial charge in [-0.2, -0.15) is 5.10 Å². The topological polar surface area (TPSA) is 79.6 Å². The molecule has 4 N–H and O–H groups in total. The van der Waals surface area contributed by atoms with Crippen molar-refractivity contribution in [1.29, 1.82) is 0 Å². The molecule has 5 nitrogen and oxygen atoms in total. The second kappa shape index (κ2) is 4.94. The van der Waals surface area contributed by atoms with Gasteiger partial charge in [0.05, 0.1) is 6.04 Å². The van der Waals surface area contributed by atoms with Gasteiger partial charge in [-0.3, -0.25) is 10.9 Å². The van der Waals surface area contributed by atoms with Crippen molar-refractivity contribution >= 4 is 0 Å². The Hall–Kier alpha value is -0.940. The van der Waals surface area contributed by atoms with E-state index in [1.54, 1.807) is 0 Å². The van der Waals surface area contributed by atoms with E-state index in [1.807, 2.05) is 0 Å². The van der Waals surface area contributed by atoms with Gasteiger partial charge in [0.2, 0.25) is 0 Å². The van der Waals surface area contributed by atoms with Crippen molar-refractivity contribution in [2.75, 3.05) is 0 Å². The smallest absolute Gasteiger partial charge is 0.143 e. The lowest BCUT2D eigenvalue weighted by Gasteiger charge is -2.21. The summed E-state index contributed by atoms with van der Waals surface area (Å²) in [4.78, 5) is 4.10. The van der Waals surface area contributed by atoms with E-state index in [-0.39, 0.29) is 6.04 Å². The number of nitrogens with one attached hydrogen (secondary N) is 2. The molecule has 0 bridgehead atoms. The first-order chi connectivity index (χ1) is 6.33. The number of H-pyrrole nitrogens is 1. The highest BCUT2D eigenvalue weighted by Gasteiger charge is 2.21. The van der Waals surface area contributed by atoms with Crippen LogP contribution in [0.4, 0.5) is 0 Å². The first-order valence-corrected chi connectivity index (χ1v) is 4.64. The fourth-order valence-electron chi connectivity index (χ4n) is 1.56. The van der Waals surface area contributed by atoms with Crippen LogP contribution >= 0.6 is 0 Å². The van der Waals surface area contributed by atoms with Crippen molar-refractivity contribution in [2.45, 2.75) is 32.7 Å². The van der Waals surface area contributed by atoms with Gasteiger partial charge in [-0.25, -0.2) is 10.4 Å². The lowest BCUT2D eigenvalue weighted by Crippen LogP contribution is -2.34. The molecule has 13 heavy (non-hydrogen) atoms. The van der Waals surface area contributed by atoms with Crippen molar-refractivity contribution in [3.8, 4) is 0 Å². The van der Waals surface area contributed by atoms with Crippen LogP contribution < -0.4 is 11.3 Å². The highest BCUT2D eigenvalue weighted by Crippen LogP contribution is 2.23. The summed E-state index contributed by atoms with van der Waals surface area (Å²) in [6.45, 7) is 4.30. The summed E-state index contributed by atoms with van der Waals surface area (Å²) in [5.74, 6) is 6.79. The molecule has 5 heteroatoms. The molecule has 0 aromatic carbocycles. The van der Waals surface area contributed by atoms with E-state index >= 15 is 0 Å². The summed E-state index contributed by atoms with van der Waals surface area (Å²) in [7, 11) is 0. The lowest BCUT2D eigenvalue weighted by molar-refractivity contribution is 0.333. The minimum absolute atomic E-state index is 0.0810. The number of aromatic amines is 1. The minimum Gasteiger partial charge on any atom is -0.271 e. The summed E-state index contributed by atoms with van der Waals surface area (Å²) >= 11 is 0. The maximum Gasteiger partial charge on any atom is 0.143 e. The normalized spacial score (nSPS) is 13.5. The van der Waals surface area contributed by atoms with Crippen LogP contribution in [0.2, 0.25) is 0 Å². The standard InChI is InChI=1S/C8H17N5/c1-3-6(4-2)7(12-9)8-10-5-11-13-8/h5-7,12H,3-4,9H2,1-2H3,(H,10,11,13). The summed E-state index contributed by atoms with van der Waals surface area (Å²) < 4.78 is 0. The first kappa shape index (κ1) is 10.1. The Morgan fingerprint density at radius 1 is 1.54 bits per heavy atom. The predicted molar refractivity (Wildman–Crippen MR) is 50.5 cm³/mol. The van der Waals surface area contributed by atoms with Gasteiger partial charge >= 0.3 is 0 Å². The van der Waals surface area contributed by atoms with E-state index in [0.29, 0.717) is 5.92 Å². The number of hydrogen-bond donors (Lipinski definition) is 3. The molecule has 0 amide bonds. The molecule has 1 rings (SSSR count). The SMILES string of the molecule is CCC(CC)C(NN)c1ncn[nH]1. The highest BCUT2D eigenvalue weighted by molar-refractivity contribution is 4.93. The molecule has 0 aliphatic heterocycles. The van der Waals surface area contributed by atoms with Crippen molar-refractivity contribution in [3.63, 3.8) is 0 Å². The zero-order valence-electron chi connectivity index (χ0n) is 8.12. The Balaban J connectivity index is 2.72. The molecule has 1 aromatic rings. The molecular formula is C8H17N5. The predicted octanol–water partition coefficient (Wildman–Crippen LogP) is 0.745. The molecule has 1 heterocycles. The van der Waals surface area contributed by atoms with Crippen LogP contribution in [-0.4, -0.2) is 15.2 Å².